The molecule has 0 radical (unpaired) electrons. The third-order valence-electron chi connectivity index (χ3n) is 5.04. The molecule has 0 amide bonds. The van der Waals surface area contributed by atoms with E-state index in [1.165, 1.54) is 0 Å². The molecule has 136 valence electrons. The van der Waals surface area contributed by atoms with E-state index in [-0.39, 0.29) is 0 Å². The van der Waals surface area contributed by atoms with Crippen molar-refractivity contribution in [3.8, 4) is 0 Å². The summed E-state index contributed by atoms with van der Waals surface area (Å²) in [5, 5.41) is 8.88. The maximum absolute atomic E-state index is 5.77. The highest BCUT2D eigenvalue weighted by Gasteiger charge is 2.26. The highest BCUT2D eigenvalue weighted by molar-refractivity contribution is 5.38. The molecule has 0 saturated carbocycles. The fraction of sp³-hybridized carbons (Fsp3) is 0.471. The number of piperidine rings is 1. The Kier molecular flexibility index (Phi) is 4.27. The van der Waals surface area contributed by atoms with Crippen LogP contribution in [0.3, 0.4) is 0 Å². The largest absolute Gasteiger partial charge is 0.384 e. The average molecular weight is 353 g/mol. The summed E-state index contributed by atoms with van der Waals surface area (Å²) < 4.78 is 4.20. The van der Waals surface area contributed by atoms with Crippen LogP contribution in [0.5, 0.6) is 0 Å². The van der Waals surface area contributed by atoms with Crippen LogP contribution in [0.4, 0.5) is 11.8 Å². The minimum Gasteiger partial charge on any atom is -0.384 e. The minimum atomic E-state index is 0.391. The molecule has 26 heavy (non-hydrogen) atoms. The van der Waals surface area contributed by atoms with Gasteiger partial charge >= 0.3 is 0 Å². The third kappa shape index (κ3) is 3.12. The molecule has 1 fully saturated rings. The van der Waals surface area contributed by atoms with Crippen molar-refractivity contribution in [1.82, 2.24) is 34.3 Å². The molecule has 9 heteroatoms. The van der Waals surface area contributed by atoms with Gasteiger partial charge < -0.3 is 19.8 Å². The minimum absolute atomic E-state index is 0.391. The Hall–Kier alpha value is -2.97. The summed E-state index contributed by atoms with van der Waals surface area (Å²) in [5.74, 6) is 4.57. The molecule has 0 aliphatic carbocycles. The van der Waals surface area contributed by atoms with Crippen molar-refractivity contribution in [2.75, 3.05) is 23.7 Å². The van der Waals surface area contributed by atoms with Gasteiger partial charge in [0.05, 0.1) is 6.54 Å². The molecule has 0 spiro atoms. The molecule has 3 aromatic rings. The number of nitrogen functional groups attached to an aromatic ring is 1. The summed E-state index contributed by atoms with van der Waals surface area (Å²) >= 11 is 0. The van der Waals surface area contributed by atoms with Gasteiger partial charge in [0.15, 0.2) is 5.82 Å². The lowest BCUT2D eigenvalue weighted by molar-refractivity contribution is 0.467. The number of hydrogen-bond donors (Lipinski definition) is 1. The van der Waals surface area contributed by atoms with E-state index < -0.39 is 0 Å². The zero-order chi connectivity index (χ0) is 18.1. The molecule has 1 aliphatic rings. The number of rotatable bonds is 4. The lowest BCUT2D eigenvalue weighted by Crippen LogP contribution is -2.35. The van der Waals surface area contributed by atoms with Crippen LogP contribution in [0.15, 0.2) is 24.7 Å². The molecule has 3 aromatic heterocycles. The van der Waals surface area contributed by atoms with E-state index >= 15 is 0 Å². The van der Waals surface area contributed by atoms with Crippen molar-refractivity contribution in [1.29, 1.82) is 0 Å². The summed E-state index contributed by atoms with van der Waals surface area (Å²) in [6.45, 7) is 4.45. The van der Waals surface area contributed by atoms with Gasteiger partial charge in [0, 0.05) is 44.6 Å². The Morgan fingerprint density at radius 3 is 2.65 bits per heavy atom. The summed E-state index contributed by atoms with van der Waals surface area (Å²) in [6, 6.07) is 1.71. The molecule has 2 N–H and O–H groups in total. The number of nitrogens with zero attached hydrogens (tertiary/aromatic N) is 8. The number of anilines is 2. The number of nitrogens with two attached hydrogens (primary N) is 1. The van der Waals surface area contributed by atoms with Gasteiger partial charge in [0.25, 0.3) is 0 Å². The van der Waals surface area contributed by atoms with Gasteiger partial charge in [-0.1, -0.05) is 0 Å². The second-order valence-corrected chi connectivity index (χ2v) is 6.68. The lowest BCUT2D eigenvalue weighted by atomic mass is 9.96. The van der Waals surface area contributed by atoms with E-state index in [0.29, 0.717) is 24.2 Å². The van der Waals surface area contributed by atoms with Gasteiger partial charge in [-0.15, -0.1) is 10.2 Å². The quantitative estimate of drug-likeness (QED) is 0.749. The highest BCUT2D eigenvalue weighted by atomic mass is 15.3. The van der Waals surface area contributed by atoms with Crippen LogP contribution in [0.2, 0.25) is 0 Å². The van der Waals surface area contributed by atoms with Crippen LogP contribution < -0.4 is 10.6 Å². The van der Waals surface area contributed by atoms with Gasteiger partial charge in [-0.25, -0.2) is 9.97 Å². The SMILES string of the molecule is Cc1nccn1Cc1nnc(C2CCN(c3nccc(N)n3)CC2)n1C. The number of aromatic nitrogens is 7. The van der Waals surface area contributed by atoms with Gasteiger partial charge in [-0.3, -0.25) is 0 Å². The second-order valence-electron chi connectivity index (χ2n) is 6.68. The number of hydrogen-bond acceptors (Lipinski definition) is 7. The van der Waals surface area contributed by atoms with E-state index in [9.17, 15) is 0 Å². The van der Waals surface area contributed by atoms with Gasteiger partial charge in [-0.05, 0) is 25.8 Å². The highest BCUT2D eigenvalue weighted by Crippen LogP contribution is 2.28. The first-order valence-corrected chi connectivity index (χ1v) is 8.81. The first-order chi connectivity index (χ1) is 12.6. The molecule has 4 rings (SSSR count). The summed E-state index contributed by atoms with van der Waals surface area (Å²) in [7, 11) is 2.05. The predicted octanol–water partition coefficient (Wildman–Crippen LogP) is 1.12. The molecular weight excluding hydrogens is 330 g/mol. The first kappa shape index (κ1) is 16.5. The molecule has 0 aromatic carbocycles. The Morgan fingerprint density at radius 1 is 1.15 bits per heavy atom. The van der Waals surface area contributed by atoms with Crippen LogP contribution in [-0.4, -0.2) is 47.4 Å². The lowest BCUT2D eigenvalue weighted by Gasteiger charge is -2.31. The zero-order valence-electron chi connectivity index (χ0n) is 15.1. The average Bonchev–Trinajstić information content (AvgIpc) is 3.22. The summed E-state index contributed by atoms with van der Waals surface area (Å²) in [6.07, 6.45) is 7.47. The van der Waals surface area contributed by atoms with Gasteiger partial charge in [-0.2, -0.15) is 4.98 Å². The van der Waals surface area contributed by atoms with Crippen LogP contribution >= 0.6 is 0 Å². The molecular formula is C17H23N9. The molecule has 1 aliphatic heterocycles. The maximum Gasteiger partial charge on any atom is 0.227 e. The fourth-order valence-electron chi connectivity index (χ4n) is 3.44. The molecule has 0 unspecified atom stereocenters. The Labute approximate surface area is 151 Å². The van der Waals surface area contributed by atoms with Gasteiger partial charge in [0.2, 0.25) is 5.95 Å². The van der Waals surface area contributed by atoms with Crippen molar-refractivity contribution < 1.29 is 0 Å². The predicted molar refractivity (Wildman–Crippen MR) is 97.7 cm³/mol. The topological polar surface area (TPSA) is 104 Å². The fourth-order valence-corrected chi connectivity index (χ4v) is 3.44. The first-order valence-electron chi connectivity index (χ1n) is 8.81. The standard InChI is InChI=1S/C17H23N9/c1-12-19-7-10-26(12)11-15-22-23-16(24(15)2)13-4-8-25(9-5-13)17-20-6-3-14(18)21-17/h3,6-7,10,13H,4-5,8-9,11H2,1-2H3,(H2,18,20,21). The van der Waals surface area contributed by atoms with Crippen LogP contribution in [-0.2, 0) is 13.6 Å². The van der Waals surface area contributed by atoms with Crippen molar-refractivity contribution in [2.24, 2.45) is 7.05 Å². The Morgan fingerprint density at radius 2 is 1.96 bits per heavy atom. The monoisotopic (exact) mass is 353 g/mol. The van der Waals surface area contributed by atoms with Crippen LogP contribution in [0, 0.1) is 6.92 Å². The van der Waals surface area contributed by atoms with Crippen LogP contribution in [0.1, 0.15) is 36.2 Å². The van der Waals surface area contributed by atoms with Crippen molar-refractivity contribution in [3.63, 3.8) is 0 Å². The van der Waals surface area contributed by atoms with Crippen molar-refractivity contribution in [3.05, 3.63) is 42.1 Å². The molecule has 9 nitrogen and oxygen atoms in total. The van der Waals surface area contributed by atoms with E-state index in [2.05, 4.69) is 39.2 Å². The third-order valence-corrected chi connectivity index (χ3v) is 5.04. The number of imidazole rings is 1. The smallest absolute Gasteiger partial charge is 0.227 e. The Balaban J connectivity index is 1.44. The molecule has 1 saturated heterocycles. The zero-order valence-corrected chi connectivity index (χ0v) is 15.1. The van der Waals surface area contributed by atoms with E-state index in [1.54, 1.807) is 18.5 Å². The maximum atomic E-state index is 5.77. The Bertz CT molecular complexity index is 889. The molecule has 0 bridgehead atoms. The van der Waals surface area contributed by atoms with Gasteiger partial charge in [0.1, 0.15) is 17.5 Å². The van der Waals surface area contributed by atoms with E-state index in [1.807, 2.05) is 20.2 Å². The summed E-state index contributed by atoms with van der Waals surface area (Å²) in [5.41, 5.74) is 5.77. The summed E-state index contributed by atoms with van der Waals surface area (Å²) in [4.78, 5) is 15.1. The van der Waals surface area contributed by atoms with E-state index in [4.69, 9.17) is 5.73 Å². The molecule has 0 atom stereocenters. The molecule has 4 heterocycles. The number of aryl methyl sites for hydroxylation is 1. The van der Waals surface area contributed by atoms with E-state index in [0.717, 1.165) is 43.4 Å². The second kappa shape index (κ2) is 6.74. The van der Waals surface area contributed by atoms with Crippen LogP contribution in [0.25, 0.3) is 0 Å². The van der Waals surface area contributed by atoms with Crippen molar-refractivity contribution >= 4 is 11.8 Å². The van der Waals surface area contributed by atoms with Crippen molar-refractivity contribution in [2.45, 2.75) is 32.2 Å². The normalized spacial score (nSPS) is 15.5.